The number of hydrogen-bond donors (Lipinski definition) is 4. The van der Waals surface area contributed by atoms with E-state index in [9.17, 15) is 15.0 Å². The molecule has 5 N–H and O–H groups in total. The topological polar surface area (TPSA) is 105 Å². The number of carbonyl (C=O) groups excluding carboxylic acids is 1. The van der Waals surface area contributed by atoms with Gasteiger partial charge in [-0.3, -0.25) is 4.79 Å². The molecular weight excluding hydrogens is 428 g/mol. The van der Waals surface area contributed by atoms with Crippen LogP contribution in [0.1, 0.15) is 86.0 Å². The number of nitrogens with two attached hydrogens (primary N) is 1. The Hall–Kier alpha value is -0.690. The molecule has 6 nitrogen and oxygen atoms in total. The lowest BCUT2D eigenvalue weighted by Gasteiger charge is -2.63. The smallest absolute Gasteiger partial charge is 0.216 e. The van der Waals surface area contributed by atoms with Crippen LogP contribution in [0.4, 0.5) is 0 Å². The van der Waals surface area contributed by atoms with Crippen molar-refractivity contribution in [1.29, 1.82) is 0 Å². The molecule has 5 saturated carbocycles. The standard InChI is InChI=1S/C28H46N2O4/c1-15-12-17(13-30-16(2)31)34-22-21(15)25(5)10-11-27-14-26(27)9-8-20(32)24(3,4)18(26)6-7-19(27)28(25,29)23(22)33/h15,17-23,32-33H,6-14,29H2,1-5H3,(H,30,31). The van der Waals surface area contributed by atoms with E-state index >= 15 is 0 Å². The highest BCUT2D eigenvalue weighted by atomic mass is 16.5. The second-order valence-electron chi connectivity index (χ2n) is 14.2. The van der Waals surface area contributed by atoms with Crippen LogP contribution in [0.3, 0.4) is 0 Å². The zero-order chi connectivity index (χ0) is 24.5. The Labute approximate surface area is 204 Å². The molecule has 12 atom stereocenters. The third-order valence-corrected chi connectivity index (χ3v) is 12.9. The van der Waals surface area contributed by atoms with Gasteiger partial charge in [0.25, 0.3) is 0 Å². The van der Waals surface area contributed by atoms with Gasteiger partial charge in [-0.2, -0.15) is 0 Å². The minimum atomic E-state index is -0.677. The van der Waals surface area contributed by atoms with Crippen LogP contribution in [0.15, 0.2) is 0 Å². The third-order valence-electron chi connectivity index (χ3n) is 12.9. The van der Waals surface area contributed by atoms with Gasteiger partial charge in [-0.1, -0.05) is 27.7 Å². The van der Waals surface area contributed by atoms with Crippen molar-refractivity contribution in [2.24, 2.45) is 51.1 Å². The van der Waals surface area contributed by atoms with E-state index < -0.39 is 11.6 Å². The van der Waals surface area contributed by atoms with E-state index in [-0.39, 0.29) is 46.4 Å². The van der Waals surface area contributed by atoms with Crippen molar-refractivity contribution in [1.82, 2.24) is 5.32 Å². The molecule has 0 aromatic heterocycles. The molecule has 6 fully saturated rings. The first kappa shape index (κ1) is 23.7. The number of nitrogens with one attached hydrogen (secondary N) is 1. The van der Waals surface area contributed by atoms with E-state index in [4.69, 9.17) is 10.5 Å². The third kappa shape index (κ3) is 2.55. The maximum atomic E-state index is 12.0. The molecule has 1 heterocycles. The molecular formula is C28H46N2O4. The summed E-state index contributed by atoms with van der Waals surface area (Å²) in [5.41, 5.74) is 7.23. The first-order valence-corrected chi connectivity index (χ1v) is 13.9. The van der Waals surface area contributed by atoms with Crippen molar-refractivity contribution in [3.05, 3.63) is 0 Å². The van der Waals surface area contributed by atoms with Gasteiger partial charge in [-0.05, 0) is 96.7 Å². The average molecular weight is 475 g/mol. The molecule has 192 valence electrons. The van der Waals surface area contributed by atoms with E-state index in [0.29, 0.717) is 29.7 Å². The van der Waals surface area contributed by atoms with E-state index in [1.165, 1.54) is 19.8 Å². The number of aliphatic hydroxyl groups excluding tert-OH is 2. The number of hydrogen-bond acceptors (Lipinski definition) is 5. The number of amides is 1. The van der Waals surface area contributed by atoms with Gasteiger partial charge < -0.3 is 26.0 Å². The van der Waals surface area contributed by atoms with E-state index in [1.807, 2.05) is 0 Å². The molecule has 0 aromatic carbocycles. The van der Waals surface area contributed by atoms with Crippen LogP contribution in [0.25, 0.3) is 0 Å². The van der Waals surface area contributed by atoms with Gasteiger partial charge >= 0.3 is 0 Å². The van der Waals surface area contributed by atoms with Gasteiger partial charge in [0, 0.05) is 13.5 Å². The molecule has 0 bridgehead atoms. The number of aliphatic hydroxyl groups is 2. The van der Waals surface area contributed by atoms with E-state index in [1.54, 1.807) is 0 Å². The summed E-state index contributed by atoms with van der Waals surface area (Å²) in [4.78, 5) is 11.5. The highest BCUT2D eigenvalue weighted by Gasteiger charge is 2.85. The first-order chi connectivity index (χ1) is 15.8. The SMILES string of the molecule is CC(=O)NCC1CC(C)C2C(O1)C(O)C1(N)C3CCC4C(C)(C)C(O)CCC45CC35CCC21C. The Balaban J connectivity index is 1.34. The zero-order valence-corrected chi connectivity index (χ0v) is 21.8. The Morgan fingerprint density at radius 3 is 2.44 bits per heavy atom. The fourth-order valence-corrected chi connectivity index (χ4v) is 11.4. The van der Waals surface area contributed by atoms with Crippen molar-refractivity contribution in [2.75, 3.05) is 6.54 Å². The van der Waals surface area contributed by atoms with Crippen molar-refractivity contribution < 1.29 is 19.7 Å². The van der Waals surface area contributed by atoms with Gasteiger partial charge in [0.1, 0.15) is 0 Å². The molecule has 0 aromatic rings. The van der Waals surface area contributed by atoms with E-state index in [0.717, 1.165) is 38.5 Å². The predicted molar refractivity (Wildman–Crippen MR) is 130 cm³/mol. The number of fused-ring (bicyclic) bond motifs is 4. The van der Waals surface area contributed by atoms with Crippen LogP contribution in [-0.4, -0.2) is 52.6 Å². The fourth-order valence-electron chi connectivity index (χ4n) is 11.4. The summed E-state index contributed by atoms with van der Waals surface area (Å²) in [5, 5.41) is 25.8. The number of ether oxygens (including phenoxy) is 1. The average Bonchev–Trinajstić information content (AvgIpc) is 3.40. The molecule has 2 spiro atoms. The monoisotopic (exact) mass is 474 g/mol. The summed E-state index contributed by atoms with van der Waals surface area (Å²) in [6.45, 7) is 11.3. The van der Waals surface area contributed by atoms with Crippen LogP contribution in [0.5, 0.6) is 0 Å². The highest BCUT2D eigenvalue weighted by molar-refractivity contribution is 5.72. The lowest BCUT2D eigenvalue weighted by molar-refractivity contribution is -0.152. The molecule has 6 rings (SSSR count). The Kier molecular flexibility index (Phi) is 4.87. The normalized spacial score (nSPS) is 59.1. The van der Waals surface area contributed by atoms with Crippen LogP contribution >= 0.6 is 0 Å². The molecule has 34 heavy (non-hydrogen) atoms. The minimum absolute atomic E-state index is 0.0421. The zero-order valence-electron chi connectivity index (χ0n) is 21.8. The summed E-state index contributed by atoms with van der Waals surface area (Å²) >= 11 is 0. The summed E-state index contributed by atoms with van der Waals surface area (Å²) < 4.78 is 6.57. The van der Waals surface area contributed by atoms with Gasteiger partial charge in [0.15, 0.2) is 0 Å². The van der Waals surface area contributed by atoms with Crippen molar-refractivity contribution in [3.63, 3.8) is 0 Å². The van der Waals surface area contributed by atoms with Crippen LogP contribution in [0, 0.1) is 45.3 Å². The Bertz CT molecular complexity index is 894. The van der Waals surface area contributed by atoms with Crippen molar-refractivity contribution in [2.45, 2.75) is 116 Å². The lowest BCUT2D eigenvalue weighted by atomic mass is 9.43. The fraction of sp³-hybridized carbons (Fsp3) is 0.964. The lowest BCUT2D eigenvalue weighted by Crippen LogP contribution is -2.70. The molecule has 6 heteroatoms. The van der Waals surface area contributed by atoms with Crippen LogP contribution < -0.4 is 11.1 Å². The molecule has 0 radical (unpaired) electrons. The van der Waals surface area contributed by atoms with Gasteiger partial charge in [-0.25, -0.2) is 0 Å². The van der Waals surface area contributed by atoms with Crippen molar-refractivity contribution in [3.8, 4) is 0 Å². The van der Waals surface area contributed by atoms with Gasteiger partial charge in [-0.15, -0.1) is 0 Å². The Morgan fingerprint density at radius 2 is 1.74 bits per heavy atom. The predicted octanol–water partition coefficient (Wildman–Crippen LogP) is 2.99. The molecule has 5 aliphatic carbocycles. The molecule has 6 aliphatic rings. The second kappa shape index (κ2) is 6.99. The molecule has 1 amide bonds. The second-order valence-corrected chi connectivity index (χ2v) is 14.2. The van der Waals surface area contributed by atoms with Crippen molar-refractivity contribution >= 4 is 5.91 Å². The van der Waals surface area contributed by atoms with Crippen LogP contribution in [-0.2, 0) is 9.53 Å². The number of rotatable bonds is 2. The molecule has 1 aliphatic heterocycles. The molecule has 12 unspecified atom stereocenters. The summed E-state index contributed by atoms with van der Waals surface area (Å²) in [6, 6.07) is 0. The summed E-state index contributed by atoms with van der Waals surface area (Å²) in [6.07, 6.45) is 7.32. The van der Waals surface area contributed by atoms with Gasteiger partial charge in [0.2, 0.25) is 5.91 Å². The summed E-state index contributed by atoms with van der Waals surface area (Å²) in [7, 11) is 0. The highest BCUT2D eigenvalue weighted by Crippen LogP contribution is 2.87. The first-order valence-electron chi connectivity index (χ1n) is 13.9. The van der Waals surface area contributed by atoms with E-state index in [2.05, 4.69) is 33.0 Å². The quantitative estimate of drug-likeness (QED) is 0.493. The molecule has 1 saturated heterocycles. The number of carbonyl (C=O) groups is 1. The van der Waals surface area contributed by atoms with Crippen LogP contribution in [0.2, 0.25) is 0 Å². The van der Waals surface area contributed by atoms with Gasteiger partial charge in [0.05, 0.1) is 30.0 Å². The summed E-state index contributed by atoms with van der Waals surface area (Å²) in [5.74, 6) is 1.46. The maximum absolute atomic E-state index is 12.0. The minimum Gasteiger partial charge on any atom is -0.393 e. The largest absolute Gasteiger partial charge is 0.393 e. The maximum Gasteiger partial charge on any atom is 0.216 e. The Morgan fingerprint density at radius 1 is 1.06 bits per heavy atom.